The van der Waals surface area contributed by atoms with Crippen LogP contribution in [0.4, 0.5) is 10.5 Å². The molecule has 1 aromatic rings. The minimum Gasteiger partial charge on any atom is -0.330 e. The molecule has 3 rings (SSSR count). The fourth-order valence-corrected chi connectivity index (χ4v) is 2.66. The Morgan fingerprint density at radius 1 is 1.33 bits per heavy atom. The molecule has 1 aliphatic carbocycles. The lowest BCUT2D eigenvalue weighted by Crippen LogP contribution is -2.47. The largest absolute Gasteiger partial charge is 0.330 e. The van der Waals surface area contributed by atoms with Gasteiger partial charge in [0.1, 0.15) is 5.54 Å². The number of nitrogens with zero attached hydrogens (tertiary/aromatic N) is 2. The van der Waals surface area contributed by atoms with Gasteiger partial charge in [-0.15, -0.1) is 0 Å². The number of fused-ring (bicyclic) bond motifs is 1. The summed E-state index contributed by atoms with van der Waals surface area (Å²) in [7, 11) is 3.43. The number of ketones is 1. The van der Waals surface area contributed by atoms with E-state index in [9.17, 15) is 9.59 Å². The third-order valence-electron chi connectivity index (χ3n) is 3.79. The summed E-state index contributed by atoms with van der Waals surface area (Å²) >= 11 is 0. The molecule has 0 bridgehead atoms. The Hall–Kier alpha value is -1.84. The second-order valence-corrected chi connectivity index (χ2v) is 5.39. The van der Waals surface area contributed by atoms with E-state index in [4.69, 9.17) is 0 Å². The summed E-state index contributed by atoms with van der Waals surface area (Å²) in [6.07, 6.45) is 1.55. The van der Waals surface area contributed by atoms with Crippen molar-refractivity contribution in [2.45, 2.75) is 25.3 Å². The van der Waals surface area contributed by atoms with Crippen molar-refractivity contribution >= 4 is 17.5 Å². The van der Waals surface area contributed by atoms with E-state index in [1.54, 1.807) is 19.0 Å². The predicted molar refractivity (Wildman–Crippen MR) is 69.0 cm³/mol. The molecule has 1 heterocycles. The van der Waals surface area contributed by atoms with Crippen molar-refractivity contribution in [2.75, 3.05) is 19.0 Å². The minimum atomic E-state index is -0.572. The van der Waals surface area contributed by atoms with Crippen molar-refractivity contribution in [1.82, 2.24) is 4.90 Å². The van der Waals surface area contributed by atoms with Gasteiger partial charge in [-0.05, 0) is 31.9 Å². The van der Waals surface area contributed by atoms with Crippen LogP contribution >= 0.6 is 0 Å². The molecule has 0 radical (unpaired) electrons. The smallest absolute Gasteiger partial charge is 0.324 e. The molecule has 1 saturated carbocycles. The molecule has 0 atom stereocenters. The zero-order valence-electron chi connectivity index (χ0n) is 10.9. The molecule has 94 valence electrons. The molecule has 1 aromatic carbocycles. The normalized spacial score (nSPS) is 19.1. The average molecular weight is 244 g/mol. The average Bonchev–Trinajstić information content (AvgIpc) is 3.07. The van der Waals surface area contributed by atoms with Crippen LogP contribution in [0.3, 0.4) is 0 Å². The summed E-state index contributed by atoms with van der Waals surface area (Å²) in [6, 6.07) is 5.62. The number of aryl methyl sites for hydroxylation is 1. The molecule has 2 amide bonds. The van der Waals surface area contributed by atoms with Crippen LogP contribution in [0.2, 0.25) is 0 Å². The third kappa shape index (κ3) is 1.26. The van der Waals surface area contributed by atoms with Crippen LogP contribution in [-0.4, -0.2) is 36.3 Å². The van der Waals surface area contributed by atoms with Gasteiger partial charge in [0.05, 0.1) is 5.69 Å². The predicted octanol–water partition coefficient (Wildman–Crippen LogP) is 2.21. The molecule has 0 unspecified atom stereocenters. The van der Waals surface area contributed by atoms with Crippen molar-refractivity contribution in [3.63, 3.8) is 0 Å². The highest BCUT2D eigenvalue weighted by atomic mass is 16.2. The Bertz CT molecular complexity index is 559. The van der Waals surface area contributed by atoms with Crippen molar-refractivity contribution in [2.24, 2.45) is 0 Å². The topological polar surface area (TPSA) is 40.6 Å². The molecular weight excluding hydrogens is 228 g/mol. The summed E-state index contributed by atoms with van der Waals surface area (Å²) in [5.74, 6) is 0.108. The van der Waals surface area contributed by atoms with Gasteiger partial charge in [-0.2, -0.15) is 0 Å². The van der Waals surface area contributed by atoms with Gasteiger partial charge in [-0.3, -0.25) is 9.69 Å². The van der Waals surface area contributed by atoms with Crippen LogP contribution < -0.4 is 4.90 Å². The molecule has 1 aliphatic heterocycles. The molecule has 18 heavy (non-hydrogen) atoms. The first-order valence-corrected chi connectivity index (χ1v) is 6.14. The van der Waals surface area contributed by atoms with Crippen LogP contribution in [0.5, 0.6) is 0 Å². The maximum atomic E-state index is 12.5. The van der Waals surface area contributed by atoms with Crippen molar-refractivity contribution in [3.8, 4) is 0 Å². The Labute approximate surface area is 106 Å². The summed E-state index contributed by atoms with van der Waals surface area (Å²) in [5, 5.41) is 0. The number of anilines is 1. The first-order valence-electron chi connectivity index (χ1n) is 6.14. The lowest BCUT2D eigenvalue weighted by atomic mass is 10.1. The lowest BCUT2D eigenvalue weighted by molar-refractivity contribution is 0.0958. The maximum Gasteiger partial charge on any atom is 0.324 e. The fourth-order valence-electron chi connectivity index (χ4n) is 2.66. The zero-order valence-corrected chi connectivity index (χ0v) is 10.9. The van der Waals surface area contributed by atoms with Crippen LogP contribution in [0.25, 0.3) is 0 Å². The summed E-state index contributed by atoms with van der Waals surface area (Å²) in [4.78, 5) is 28.0. The number of rotatable bonds is 0. The zero-order chi connectivity index (χ0) is 13.1. The molecule has 4 heteroatoms. The van der Waals surface area contributed by atoms with Crippen LogP contribution in [0.15, 0.2) is 18.2 Å². The quantitative estimate of drug-likeness (QED) is 0.702. The van der Waals surface area contributed by atoms with Crippen LogP contribution in [0, 0.1) is 6.92 Å². The number of benzene rings is 1. The summed E-state index contributed by atoms with van der Waals surface area (Å²) in [5.41, 5.74) is 1.94. The SMILES string of the molecule is Cc1ccc2c(c1)C(=O)C1(CC1)N2C(=O)N(C)C. The Balaban J connectivity index is 2.15. The van der Waals surface area contributed by atoms with Crippen molar-refractivity contribution in [3.05, 3.63) is 29.3 Å². The Morgan fingerprint density at radius 3 is 2.56 bits per heavy atom. The number of hydrogen-bond donors (Lipinski definition) is 0. The Morgan fingerprint density at radius 2 is 2.00 bits per heavy atom. The van der Waals surface area contributed by atoms with Gasteiger partial charge >= 0.3 is 6.03 Å². The van der Waals surface area contributed by atoms with Crippen LogP contribution in [-0.2, 0) is 0 Å². The van der Waals surface area contributed by atoms with E-state index < -0.39 is 5.54 Å². The number of hydrogen-bond acceptors (Lipinski definition) is 2. The second kappa shape index (κ2) is 3.34. The van der Waals surface area contributed by atoms with Gasteiger partial charge in [0.25, 0.3) is 0 Å². The molecule has 1 fully saturated rings. The van der Waals surface area contributed by atoms with Crippen molar-refractivity contribution < 1.29 is 9.59 Å². The third-order valence-corrected chi connectivity index (χ3v) is 3.79. The summed E-state index contributed by atoms with van der Waals surface area (Å²) in [6.45, 7) is 1.96. The van der Waals surface area contributed by atoms with Crippen molar-refractivity contribution in [1.29, 1.82) is 0 Å². The molecule has 4 nitrogen and oxygen atoms in total. The molecule has 0 saturated heterocycles. The minimum absolute atomic E-state index is 0.108. The van der Waals surface area contributed by atoms with E-state index in [0.717, 1.165) is 24.1 Å². The second-order valence-electron chi connectivity index (χ2n) is 5.39. The molecular formula is C14H16N2O2. The lowest BCUT2D eigenvalue weighted by Gasteiger charge is -2.27. The molecule has 0 aromatic heterocycles. The van der Waals surface area contributed by atoms with E-state index in [1.807, 2.05) is 25.1 Å². The van der Waals surface area contributed by atoms with Gasteiger partial charge < -0.3 is 4.90 Å². The van der Waals surface area contributed by atoms with Gasteiger partial charge in [-0.1, -0.05) is 11.6 Å². The highest BCUT2D eigenvalue weighted by Gasteiger charge is 2.62. The number of urea groups is 1. The molecule has 1 spiro atoms. The van der Waals surface area contributed by atoms with Gasteiger partial charge in [-0.25, -0.2) is 4.79 Å². The van der Waals surface area contributed by atoms with Crippen LogP contribution in [0.1, 0.15) is 28.8 Å². The standard InChI is InChI=1S/C14H16N2O2/c1-9-4-5-11-10(8-9)12(17)14(6-7-14)16(11)13(18)15(2)3/h4-5,8H,6-7H2,1-3H3. The van der Waals surface area contributed by atoms with E-state index in [1.165, 1.54) is 4.90 Å². The number of Topliss-reactive ketones (excluding diaryl/α,β-unsaturated/α-hetero) is 1. The first kappa shape index (κ1) is 11.3. The fraction of sp³-hybridized carbons (Fsp3) is 0.429. The molecule has 2 aliphatic rings. The number of amides is 2. The maximum absolute atomic E-state index is 12.5. The van der Waals surface area contributed by atoms with Gasteiger partial charge in [0.2, 0.25) is 0 Å². The van der Waals surface area contributed by atoms with E-state index >= 15 is 0 Å². The van der Waals surface area contributed by atoms with E-state index in [2.05, 4.69) is 0 Å². The molecule has 0 N–H and O–H groups in total. The van der Waals surface area contributed by atoms with Gasteiger partial charge in [0, 0.05) is 19.7 Å². The monoisotopic (exact) mass is 244 g/mol. The summed E-state index contributed by atoms with van der Waals surface area (Å²) < 4.78 is 0. The number of carbonyl (C=O) groups is 2. The highest BCUT2D eigenvalue weighted by molar-refractivity contribution is 6.21. The van der Waals surface area contributed by atoms with Gasteiger partial charge in [0.15, 0.2) is 5.78 Å². The van der Waals surface area contributed by atoms with E-state index in [-0.39, 0.29) is 11.8 Å². The first-order chi connectivity index (χ1) is 8.47. The highest BCUT2D eigenvalue weighted by Crippen LogP contribution is 2.53. The van der Waals surface area contributed by atoms with E-state index in [0.29, 0.717) is 5.56 Å². The Kier molecular flexibility index (Phi) is 2.09. The number of carbonyl (C=O) groups excluding carboxylic acids is 2.